The van der Waals surface area contributed by atoms with Crippen LogP contribution in [0.5, 0.6) is 0 Å². The Bertz CT molecular complexity index is 252. The molecule has 0 fully saturated rings. The summed E-state index contributed by atoms with van der Waals surface area (Å²) >= 11 is 0. The molecule has 0 aliphatic heterocycles. The zero-order valence-electron chi connectivity index (χ0n) is 11.0. The normalized spacial score (nSPS) is 11.2. The first-order valence-electron chi connectivity index (χ1n) is 6.06. The highest BCUT2D eigenvalue weighted by Gasteiger charge is 2.18. The number of carboxylic acids is 1. The van der Waals surface area contributed by atoms with E-state index in [2.05, 4.69) is 10.6 Å². The van der Waals surface area contributed by atoms with E-state index in [0.29, 0.717) is 19.5 Å². The van der Waals surface area contributed by atoms with Crippen LogP contribution in [0.2, 0.25) is 0 Å². The molecular weight excluding hydrogens is 220 g/mol. The Morgan fingerprint density at radius 2 is 1.88 bits per heavy atom. The maximum Gasteiger partial charge on any atom is 0.303 e. The van der Waals surface area contributed by atoms with Crippen molar-refractivity contribution in [1.82, 2.24) is 10.6 Å². The Hall–Kier alpha value is -1.10. The summed E-state index contributed by atoms with van der Waals surface area (Å²) in [5, 5.41) is 14.4. The van der Waals surface area contributed by atoms with Gasteiger partial charge in [0.25, 0.3) is 0 Å². The highest BCUT2D eigenvalue weighted by molar-refractivity contribution is 5.77. The molecule has 0 aliphatic rings. The fraction of sp³-hybridized carbons (Fsp3) is 0.833. The lowest BCUT2D eigenvalue weighted by Crippen LogP contribution is -2.35. The van der Waals surface area contributed by atoms with E-state index in [4.69, 9.17) is 5.11 Å². The monoisotopic (exact) mass is 244 g/mol. The van der Waals surface area contributed by atoms with E-state index in [9.17, 15) is 9.59 Å². The van der Waals surface area contributed by atoms with Crippen LogP contribution in [0.1, 0.15) is 40.0 Å². The van der Waals surface area contributed by atoms with Crippen LogP contribution in [0.25, 0.3) is 0 Å². The summed E-state index contributed by atoms with van der Waals surface area (Å²) in [5.41, 5.74) is -0.0517. The van der Waals surface area contributed by atoms with Crippen LogP contribution in [0.4, 0.5) is 0 Å². The molecule has 5 nitrogen and oxygen atoms in total. The summed E-state index contributed by atoms with van der Waals surface area (Å²) in [6.45, 7) is 7.70. The van der Waals surface area contributed by atoms with Crippen LogP contribution >= 0.6 is 0 Å². The predicted molar refractivity (Wildman–Crippen MR) is 66.8 cm³/mol. The summed E-state index contributed by atoms with van der Waals surface area (Å²) in [6.07, 6.45) is 1.60. The molecule has 0 atom stereocenters. The number of carbonyl (C=O) groups is 2. The molecule has 0 aromatic heterocycles. The van der Waals surface area contributed by atoms with Gasteiger partial charge in [-0.2, -0.15) is 0 Å². The van der Waals surface area contributed by atoms with Crippen molar-refractivity contribution < 1.29 is 14.7 Å². The van der Waals surface area contributed by atoms with Crippen LogP contribution in [0.15, 0.2) is 0 Å². The molecule has 0 bridgehead atoms. The SMILES string of the molecule is CCNCC(=O)NCCC(C)(C)CCC(=O)O. The van der Waals surface area contributed by atoms with Crippen molar-refractivity contribution in [3.63, 3.8) is 0 Å². The Morgan fingerprint density at radius 3 is 2.41 bits per heavy atom. The second-order valence-electron chi connectivity index (χ2n) is 4.94. The zero-order chi connectivity index (χ0) is 13.3. The van der Waals surface area contributed by atoms with Gasteiger partial charge < -0.3 is 15.7 Å². The van der Waals surface area contributed by atoms with Gasteiger partial charge in [-0.05, 0) is 24.8 Å². The Balaban J connectivity index is 3.70. The number of amides is 1. The molecule has 0 aliphatic carbocycles. The van der Waals surface area contributed by atoms with Crippen molar-refractivity contribution in [2.75, 3.05) is 19.6 Å². The number of likely N-dealkylation sites (N-methyl/N-ethyl adjacent to an activating group) is 1. The van der Waals surface area contributed by atoms with Gasteiger partial charge in [-0.1, -0.05) is 20.8 Å². The molecule has 1 amide bonds. The molecule has 0 spiro atoms. The van der Waals surface area contributed by atoms with Gasteiger partial charge in [0.1, 0.15) is 0 Å². The number of aliphatic carboxylic acids is 1. The van der Waals surface area contributed by atoms with Crippen molar-refractivity contribution in [1.29, 1.82) is 0 Å². The fourth-order valence-electron chi connectivity index (χ4n) is 1.41. The predicted octanol–water partition coefficient (Wildman–Crippen LogP) is 0.993. The minimum Gasteiger partial charge on any atom is -0.481 e. The van der Waals surface area contributed by atoms with Crippen LogP contribution in [0.3, 0.4) is 0 Å². The number of carbonyl (C=O) groups excluding carboxylic acids is 1. The minimum atomic E-state index is -0.769. The standard InChI is InChI=1S/C12H24N2O3/c1-4-13-9-10(15)14-8-7-12(2,3)6-5-11(16)17/h13H,4-9H2,1-3H3,(H,14,15)(H,16,17). The number of nitrogens with one attached hydrogen (secondary N) is 2. The second-order valence-corrected chi connectivity index (χ2v) is 4.94. The molecule has 0 radical (unpaired) electrons. The van der Waals surface area contributed by atoms with E-state index >= 15 is 0 Å². The molecule has 100 valence electrons. The average Bonchev–Trinajstić information content (AvgIpc) is 2.23. The van der Waals surface area contributed by atoms with Gasteiger partial charge in [0.05, 0.1) is 6.54 Å². The summed E-state index contributed by atoms with van der Waals surface area (Å²) in [7, 11) is 0. The molecule has 0 aromatic carbocycles. The maximum atomic E-state index is 11.3. The number of rotatable bonds is 9. The summed E-state index contributed by atoms with van der Waals surface area (Å²) < 4.78 is 0. The smallest absolute Gasteiger partial charge is 0.303 e. The largest absolute Gasteiger partial charge is 0.481 e. The lowest BCUT2D eigenvalue weighted by Gasteiger charge is -2.23. The zero-order valence-corrected chi connectivity index (χ0v) is 11.0. The third-order valence-electron chi connectivity index (χ3n) is 2.68. The molecule has 0 saturated carbocycles. The molecule has 0 aromatic rings. The third-order valence-corrected chi connectivity index (χ3v) is 2.68. The number of hydrogen-bond donors (Lipinski definition) is 3. The molecule has 0 heterocycles. The highest BCUT2D eigenvalue weighted by atomic mass is 16.4. The third kappa shape index (κ3) is 9.81. The van der Waals surface area contributed by atoms with Crippen LogP contribution in [-0.2, 0) is 9.59 Å². The van der Waals surface area contributed by atoms with Crippen molar-refractivity contribution in [2.24, 2.45) is 5.41 Å². The highest BCUT2D eigenvalue weighted by Crippen LogP contribution is 2.25. The second kappa shape index (κ2) is 8.06. The van der Waals surface area contributed by atoms with Crippen LogP contribution in [-0.4, -0.2) is 36.6 Å². The van der Waals surface area contributed by atoms with Crippen LogP contribution < -0.4 is 10.6 Å². The molecule has 5 heteroatoms. The van der Waals surface area contributed by atoms with Crippen molar-refractivity contribution in [3.8, 4) is 0 Å². The first kappa shape index (κ1) is 15.9. The summed E-state index contributed by atoms with van der Waals surface area (Å²) in [4.78, 5) is 21.8. The van der Waals surface area contributed by atoms with Gasteiger partial charge in [-0.15, -0.1) is 0 Å². The molecule has 0 unspecified atom stereocenters. The molecule has 0 saturated heterocycles. The lowest BCUT2D eigenvalue weighted by molar-refractivity contribution is -0.137. The van der Waals surface area contributed by atoms with Crippen molar-refractivity contribution in [3.05, 3.63) is 0 Å². The Labute approximate surface area is 103 Å². The van der Waals surface area contributed by atoms with Gasteiger partial charge in [0.2, 0.25) is 5.91 Å². The van der Waals surface area contributed by atoms with Gasteiger partial charge in [0, 0.05) is 13.0 Å². The van der Waals surface area contributed by atoms with Crippen molar-refractivity contribution >= 4 is 11.9 Å². The van der Waals surface area contributed by atoms with Crippen LogP contribution in [0, 0.1) is 5.41 Å². The molecule has 0 rings (SSSR count). The Morgan fingerprint density at radius 1 is 1.24 bits per heavy atom. The van der Waals surface area contributed by atoms with E-state index < -0.39 is 5.97 Å². The molecular formula is C12H24N2O3. The van der Waals surface area contributed by atoms with E-state index in [1.165, 1.54) is 0 Å². The number of hydrogen-bond acceptors (Lipinski definition) is 3. The van der Waals surface area contributed by atoms with E-state index in [0.717, 1.165) is 13.0 Å². The van der Waals surface area contributed by atoms with Gasteiger partial charge in [-0.25, -0.2) is 0 Å². The van der Waals surface area contributed by atoms with Gasteiger partial charge >= 0.3 is 5.97 Å². The lowest BCUT2D eigenvalue weighted by atomic mass is 9.84. The number of carboxylic acid groups (broad SMARTS) is 1. The summed E-state index contributed by atoms with van der Waals surface area (Å²) in [6, 6.07) is 0. The molecule has 3 N–H and O–H groups in total. The minimum absolute atomic E-state index is 0.0131. The average molecular weight is 244 g/mol. The van der Waals surface area contributed by atoms with E-state index in [1.54, 1.807) is 0 Å². The topological polar surface area (TPSA) is 78.4 Å². The summed E-state index contributed by atoms with van der Waals surface area (Å²) in [5.74, 6) is -0.782. The fourth-order valence-corrected chi connectivity index (χ4v) is 1.41. The van der Waals surface area contributed by atoms with E-state index in [1.807, 2.05) is 20.8 Å². The van der Waals surface area contributed by atoms with E-state index in [-0.39, 0.29) is 17.7 Å². The maximum absolute atomic E-state index is 11.3. The van der Waals surface area contributed by atoms with Gasteiger partial charge in [0.15, 0.2) is 0 Å². The first-order chi connectivity index (χ1) is 7.87. The van der Waals surface area contributed by atoms with Crippen molar-refractivity contribution in [2.45, 2.75) is 40.0 Å². The first-order valence-corrected chi connectivity index (χ1v) is 6.06. The Kier molecular flexibility index (Phi) is 7.54. The molecule has 17 heavy (non-hydrogen) atoms. The van der Waals surface area contributed by atoms with Gasteiger partial charge in [-0.3, -0.25) is 9.59 Å². The quantitative estimate of drug-likeness (QED) is 0.565.